The number of aryl methyl sites for hydroxylation is 2. The first-order valence-corrected chi connectivity index (χ1v) is 2.27. The van der Waals surface area contributed by atoms with E-state index < -0.39 is 0 Å². The van der Waals surface area contributed by atoms with Gasteiger partial charge in [0.1, 0.15) is 0 Å². The van der Waals surface area contributed by atoms with Crippen molar-refractivity contribution in [3.8, 4) is 0 Å². The van der Waals surface area contributed by atoms with Crippen LogP contribution in [0.1, 0.15) is 11.4 Å². The minimum absolute atomic E-state index is 0. The Morgan fingerprint density at radius 2 is 2.00 bits per heavy atom. The molecule has 0 bridgehead atoms. The van der Waals surface area contributed by atoms with Crippen molar-refractivity contribution >= 4 is 0 Å². The van der Waals surface area contributed by atoms with E-state index in [1.54, 1.807) is 6.33 Å². The second kappa shape index (κ2) is 5.15. The Labute approximate surface area is 77.8 Å². The van der Waals surface area contributed by atoms with Gasteiger partial charge in [0, 0.05) is 42.0 Å². The fraction of sp³-hybridized carbons (Fsp3) is 0.400. The number of imidazole rings is 1. The maximum atomic E-state index is 3.96. The van der Waals surface area contributed by atoms with E-state index >= 15 is 0 Å². The quantitative estimate of drug-likeness (QED) is 0.650. The van der Waals surface area contributed by atoms with Crippen molar-refractivity contribution in [1.82, 2.24) is 9.97 Å². The van der Waals surface area contributed by atoms with E-state index in [1.807, 2.05) is 13.8 Å². The van der Waals surface area contributed by atoms with Crippen LogP contribution in [0.2, 0.25) is 0 Å². The fourth-order valence-corrected chi connectivity index (χ4v) is 0.427. The van der Waals surface area contributed by atoms with Crippen molar-refractivity contribution in [3.05, 3.63) is 17.7 Å². The van der Waals surface area contributed by atoms with Crippen molar-refractivity contribution in [2.45, 2.75) is 13.8 Å². The number of H-pyrrole nitrogens is 1. The summed E-state index contributed by atoms with van der Waals surface area (Å²) in [5.74, 6) is 0. The van der Waals surface area contributed by atoms with Gasteiger partial charge in [-0.3, -0.25) is 0 Å². The molecule has 1 heterocycles. The molecule has 0 aromatic carbocycles. The molecule has 0 amide bonds. The van der Waals surface area contributed by atoms with Crippen molar-refractivity contribution in [1.29, 1.82) is 0 Å². The molecule has 0 saturated heterocycles. The Morgan fingerprint density at radius 3 is 2.11 bits per heavy atom. The first-order valence-electron chi connectivity index (χ1n) is 2.27. The Hall–Kier alpha value is 0.340. The molecule has 4 heteroatoms. The van der Waals surface area contributed by atoms with Crippen molar-refractivity contribution in [3.63, 3.8) is 0 Å². The Kier molecular flexibility index (Phi) is 6.90. The molecule has 0 aliphatic carbocycles. The molecular weight excluding hydrogens is 212 g/mol. The molecule has 1 aromatic rings. The molecule has 1 aromatic heterocycles. The zero-order valence-corrected chi connectivity index (χ0v) is 9.57. The average molecular weight is 220 g/mol. The van der Waals surface area contributed by atoms with E-state index in [1.165, 1.54) is 0 Å². The number of aromatic nitrogens is 2. The second-order valence-corrected chi connectivity index (χ2v) is 1.61. The molecule has 0 atom stereocenters. The van der Waals surface area contributed by atoms with Crippen LogP contribution >= 0.6 is 0 Å². The van der Waals surface area contributed by atoms with E-state index in [4.69, 9.17) is 0 Å². The van der Waals surface area contributed by atoms with E-state index in [0.717, 1.165) is 11.4 Å². The molecule has 0 spiro atoms. The number of nitrogens with one attached hydrogen (secondary N) is 1. The molecular formula is C5H8CoN2Zn. The van der Waals surface area contributed by atoms with E-state index in [2.05, 4.69) is 9.97 Å². The minimum Gasteiger partial charge on any atom is -0.348 e. The normalized spacial score (nSPS) is 7.33. The van der Waals surface area contributed by atoms with Gasteiger partial charge < -0.3 is 4.98 Å². The standard InChI is InChI=1S/C5H8N2.Co.Zn/c1-4-5(2)7-3-6-4;;/h3H,1-2H3,(H,6,7);;. The van der Waals surface area contributed by atoms with Crippen molar-refractivity contribution in [2.24, 2.45) is 0 Å². The van der Waals surface area contributed by atoms with E-state index in [-0.39, 0.29) is 36.3 Å². The van der Waals surface area contributed by atoms with Gasteiger partial charge >= 0.3 is 0 Å². The maximum absolute atomic E-state index is 3.96. The van der Waals surface area contributed by atoms with Crippen LogP contribution in [-0.2, 0) is 36.3 Å². The molecule has 1 rings (SSSR count). The third kappa shape index (κ3) is 3.14. The van der Waals surface area contributed by atoms with Crippen LogP contribution in [0.5, 0.6) is 0 Å². The zero-order valence-electron chi connectivity index (χ0n) is 5.57. The molecule has 2 nitrogen and oxygen atoms in total. The van der Waals surface area contributed by atoms with E-state index in [9.17, 15) is 0 Å². The van der Waals surface area contributed by atoms with Crippen LogP contribution in [0.3, 0.4) is 0 Å². The van der Waals surface area contributed by atoms with Gasteiger partial charge in [-0.25, -0.2) is 4.98 Å². The maximum Gasteiger partial charge on any atom is 0.0925 e. The van der Waals surface area contributed by atoms with Gasteiger partial charge in [-0.2, -0.15) is 0 Å². The Morgan fingerprint density at radius 1 is 1.44 bits per heavy atom. The first-order chi connectivity index (χ1) is 3.30. The number of aromatic amines is 1. The predicted octanol–water partition coefficient (Wildman–Crippen LogP) is 1.02. The summed E-state index contributed by atoms with van der Waals surface area (Å²) in [4.78, 5) is 6.92. The van der Waals surface area contributed by atoms with Crippen LogP contribution in [0.4, 0.5) is 0 Å². The monoisotopic (exact) mass is 219 g/mol. The van der Waals surface area contributed by atoms with Crippen LogP contribution in [0.15, 0.2) is 6.33 Å². The summed E-state index contributed by atoms with van der Waals surface area (Å²) in [7, 11) is 0. The Balaban J connectivity index is 0. The summed E-state index contributed by atoms with van der Waals surface area (Å²) in [6.45, 7) is 3.98. The van der Waals surface area contributed by atoms with Crippen molar-refractivity contribution in [2.75, 3.05) is 0 Å². The zero-order chi connectivity index (χ0) is 5.28. The van der Waals surface area contributed by atoms with Gasteiger partial charge in [0.2, 0.25) is 0 Å². The minimum atomic E-state index is 0. The topological polar surface area (TPSA) is 28.7 Å². The van der Waals surface area contributed by atoms with Crippen LogP contribution in [0, 0.1) is 13.8 Å². The van der Waals surface area contributed by atoms with Crippen LogP contribution in [-0.4, -0.2) is 9.97 Å². The molecule has 49 valence electrons. The van der Waals surface area contributed by atoms with Gasteiger partial charge in [0.05, 0.1) is 12.0 Å². The van der Waals surface area contributed by atoms with Gasteiger partial charge in [-0.05, 0) is 13.8 Å². The van der Waals surface area contributed by atoms with Gasteiger partial charge in [0.25, 0.3) is 0 Å². The summed E-state index contributed by atoms with van der Waals surface area (Å²) in [5, 5.41) is 0. The summed E-state index contributed by atoms with van der Waals surface area (Å²) < 4.78 is 0. The summed E-state index contributed by atoms with van der Waals surface area (Å²) in [5.41, 5.74) is 2.24. The van der Waals surface area contributed by atoms with Crippen molar-refractivity contribution < 1.29 is 36.3 Å². The molecule has 1 radical (unpaired) electrons. The van der Waals surface area contributed by atoms with Gasteiger partial charge in [-0.15, -0.1) is 0 Å². The smallest absolute Gasteiger partial charge is 0.0925 e. The number of hydrogen-bond acceptors (Lipinski definition) is 1. The summed E-state index contributed by atoms with van der Waals surface area (Å²) in [6.07, 6.45) is 1.70. The fourth-order valence-electron chi connectivity index (χ4n) is 0.427. The number of rotatable bonds is 0. The average Bonchev–Trinajstić information content (AvgIpc) is 1.91. The third-order valence-electron chi connectivity index (χ3n) is 1.08. The number of nitrogens with zero attached hydrogens (tertiary/aromatic N) is 1. The molecule has 0 aliphatic rings. The molecule has 0 aliphatic heterocycles. The van der Waals surface area contributed by atoms with E-state index in [0.29, 0.717) is 0 Å². The van der Waals surface area contributed by atoms with Crippen LogP contribution < -0.4 is 0 Å². The largest absolute Gasteiger partial charge is 0.348 e. The summed E-state index contributed by atoms with van der Waals surface area (Å²) in [6, 6.07) is 0. The second-order valence-electron chi connectivity index (χ2n) is 1.61. The van der Waals surface area contributed by atoms with Crippen LogP contribution in [0.25, 0.3) is 0 Å². The molecule has 9 heavy (non-hydrogen) atoms. The van der Waals surface area contributed by atoms with Gasteiger partial charge in [0.15, 0.2) is 0 Å². The molecule has 0 fully saturated rings. The summed E-state index contributed by atoms with van der Waals surface area (Å²) >= 11 is 0. The molecule has 0 saturated carbocycles. The Bertz CT molecular complexity index is 147. The molecule has 1 N–H and O–H groups in total. The van der Waals surface area contributed by atoms with Gasteiger partial charge in [-0.1, -0.05) is 0 Å². The third-order valence-corrected chi connectivity index (χ3v) is 1.08. The first kappa shape index (κ1) is 12.1. The predicted molar refractivity (Wildman–Crippen MR) is 28.1 cm³/mol. The number of hydrogen-bond donors (Lipinski definition) is 1. The SMILES string of the molecule is Cc1nc[nH]c1C.[Co].[Zn]. The molecule has 0 unspecified atom stereocenters.